The molecule has 1 amide bonds. The van der Waals surface area contributed by atoms with Crippen molar-refractivity contribution in [2.24, 2.45) is 0 Å². The molecule has 0 radical (unpaired) electrons. The molecule has 0 aliphatic rings. The number of hydrogen-bond acceptors (Lipinski definition) is 5. The molecule has 1 N–H and O–H groups in total. The van der Waals surface area contributed by atoms with E-state index in [1.165, 1.54) is 33.2 Å². The average Bonchev–Trinajstić information content (AvgIpc) is 2.69. The number of aryl methyl sites for hydroxylation is 2. The van der Waals surface area contributed by atoms with Crippen molar-refractivity contribution < 1.29 is 22.7 Å². The quantitative estimate of drug-likeness (QED) is 0.698. The molecule has 0 saturated carbocycles. The minimum atomic E-state index is -3.64. The van der Waals surface area contributed by atoms with E-state index in [4.69, 9.17) is 4.74 Å². The number of nitrogens with zero attached hydrogens (tertiary/aromatic N) is 1. The molecule has 2 aromatic rings. The van der Waals surface area contributed by atoms with Crippen molar-refractivity contribution in [1.29, 1.82) is 0 Å². The molecule has 7 nitrogen and oxygen atoms in total. The molecular weight excluding hydrogens is 392 g/mol. The second-order valence-corrected chi connectivity index (χ2v) is 9.00. The molecule has 0 heterocycles. The van der Waals surface area contributed by atoms with Crippen LogP contribution in [0.2, 0.25) is 0 Å². The van der Waals surface area contributed by atoms with E-state index in [0.29, 0.717) is 16.8 Å². The highest BCUT2D eigenvalue weighted by molar-refractivity contribution is 7.89. The summed E-state index contributed by atoms with van der Waals surface area (Å²) in [5.41, 5.74) is 2.48. The minimum absolute atomic E-state index is 0.0593. The Kier molecular flexibility index (Phi) is 7.16. The Hall–Kier alpha value is -2.71. The summed E-state index contributed by atoms with van der Waals surface area (Å²) in [6.07, 6.45) is -0.197. The van der Waals surface area contributed by atoms with Crippen molar-refractivity contribution in [3.8, 4) is 0 Å². The van der Waals surface area contributed by atoms with Crippen LogP contribution in [-0.2, 0) is 26.0 Å². The van der Waals surface area contributed by atoms with Gasteiger partial charge in [-0.15, -0.1) is 0 Å². The molecule has 0 aliphatic carbocycles. The van der Waals surface area contributed by atoms with Gasteiger partial charge in [0.1, 0.15) is 0 Å². The third-order valence-corrected chi connectivity index (χ3v) is 6.31. The number of esters is 1. The number of ether oxygens (including phenoxy) is 1. The zero-order chi connectivity index (χ0) is 21.8. The predicted octanol–water partition coefficient (Wildman–Crippen LogP) is 2.99. The maximum atomic E-state index is 12.5. The zero-order valence-corrected chi connectivity index (χ0v) is 18.0. The monoisotopic (exact) mass is 418 g/mol. The zero-order valence-electron chi connectivity index (χ0n) is 17.2. The number of hydrogen-bond donors (Lipinski definition) is 1. The van der Waals surface area contributed by atoms with Crippen LogP contribution in [0.15, 0.2) is 47.4 Å². The molecule has 0 spiro atoms. The number of benzene rings is 2. The summed E-state index contributed by atoms with van der Waals surface area (Å²) >= 11 is 0. The molecule has 29 heavy (non-hydrogen) atoms. The molecule has 0 bridgehead atoms. The molecule has 0 saturated heterocycles. The first kappa shape index (κ1) is 22.6. The van der Waals surface area contributed by atoms with Crippen molar-refractivity contribution in [1.82, 2.24) is 4.31 Å². The van der Waals surface area contributed by atoms with E-state index in [1.54, 1.807) is 25.1 Å². The molecule has 8 heteroatoms. The van der Waals surface area contributed by atoms with Gasteiger partial charge in [0.2, 0.25) is 10.0 Å². The maximum Gasteiger partial charge on any atom is 0.338 e. The van der Waals surface area contributed by atoms with Crippen molar-refractivity contribution >= 4 is 27.6 Å². The fourth-order valence-corrected chi connectivity index (χ4v) is 3.43. The van der Waals surface area contributed by atoms with Crippen LogP contribution < -0.4 is 5.32 Å². The molecule has 2 aromatic carbocycles. The number of carbonyl (C=O) groups excluding carboxylic acids is 2. The molecule has 2 rings (SSSR count). The first-order valence-corrected chi connectivity index (χ1v) is 10.6. The van der Waals surface area contributed by atoms with Crippen LogP contribution in [0.4, 0.5) is 5.69 Å². The van der Waals surface area contributed by atoms with E-state index in [2.05, 4.69) is 5.32 Å². The van der Waals surface area contributed by atoms with Crippen LogP contribution in [0.5, 0.6) is 0 Å². The fourth-order valence-electron chi connectivity index (χ4n) is 2.50. The summed E-state index contributed by atoms with van der Waals surface area (Å²) in [4.78, 5) is 24.8. The Labute approximate surface area is 171 Å². The van der Waals surface area contributed by atoms with E-state index in [-0.39, 0.29) is 4.90 Å². The summed E-state index contributed by atoms with van der Waals surface area (Å²) in [5, 5.41) is 2.64. The molecule has 0 aliphatic heterocycles. The van der Waals surface area contributed by atoms with E-state index < -0.39 is 28.0 Å². The van der Waals surface area contributed by atoms with Gasteiger partial charge in [-0.05, 0) is 55.7 Å². The number of sulfonamides is 1. The van der Waals surface area contributed by atoms with Crippen molar-refractivity contribution in [3.05, 3.63) is 59.2 Å². The van der Waals surface area contributed by atoms with Gasteiger partial charge >= 0.3 is 5.97 Å². The predicted molar refractivity (Wildman–Crippen MR) is 111 cm³/mol. The van der Waals surface area contributed by atoms with Crippen molar-refractivity contribution in [2.75, 3.05) is 19.4 Å². The molecular formula is C21H26N2O5S. The Bertz CT molecular complexity index is 998. The van der Waals surface area contributed by atoms with Crippen LogP contribution in [0, 0.1) is 6.92 Å². The maximum absolute atomic E-state index is 12.5. The van der Waals surface area contributed by atoms with Gasteiger partial charge in [0.05, 0.1) is 10.5 Å². The molecule has 0 fully saturated rings. The number of anilines is 1. The second-order valence-electron chi connectivity index (χ2n) is 6.85. The lowest BCUT2D eigenvalue weighted by molar-refractivity contribution is -0.123. The highest BCUT2D eigenvalue weighted by atomic mass is 32.2. The third kappa shape index (κ3) is 5.42. The molecule has 1 unspecified atom stereocenters. The van der Waals surface area contributed by atoms with Crippen molar-refractivity contribution in [2.45, 2.75) is 38.2 Å². The smallest absolute Gasteiger partial charge is 0.338 e. The SMILES string of the molecule is CCc1ccc(C(=O)OC(C)C(=O)Nc2cc(S(=O)(=O)N(C)C)ccc2C)cc1. The van der Waals surface area contributed by atoms with Crippen LogP contribution in [-0.4, -0.2) is 44.8 Å². The minimum Gasteiger partial charge on any atom is -0.449 e. The Morgan fingerprint density at radius 2 is 1.72 bits per heavy atom. The highest BCUT2D eigenvalue weighted by Crippen LogP contribution is 2.22. The van der Waals surface area contributed by atoms with Crippen molar-refractivity contribution in [3.63, 3.8) is 0 Å². The van der Waals surface area contributed by atoms with Gasteiger partial charge in [-0.25, -0.2) is 17.5 Å². The van der Waals surface area contributed by atoms with Crippen LogP contribution >= 0.6 is 0 Å². The van der Waals surface area contributed by atoms with Gasteiger partial charge < -0.3 is 10.1 Å². The van der Waals surface area contributed by atoms with Gasteiger partial charge in [-0.3, -0.25) is 4.79 Å². The fraction of sp³-hybridized carbons (Fsp3) is 0.333. The molecule has 156 valence electrons. The number of amides is 1. The van der Waals surface area contributed by atoms with Crippen LogP contribution in [0.3, 0.4) is 0 Å². The van der Waals surface area contributed by atoms with Gasteiger partial charge in [-0.2, -0.15) is 0 Å². The first-order valence-electron chi connectivity index (χ1n) is 9.20. The summed E-state index contributed by atoms with van der Waals surface area (Å²) in [7, 11) is -0.771. The second kappa shape index (κ2) is 9.19. The topological polar surface area (TPSA) is 92.8 Å². The standard InChI is InChI=1S/C21H26N2O5S/c1-6-16-8-10-17(11-9-16)21(25)28-15(3)20(24)22-19-13-18(12-7-14(19)2)29(26,27)23(4)5/h7-13,15H,6H2,1-5H3,(H,22,24). The summed E-state index contributed by atoms with van der Waals surface area (Å²) in [5.74, 6) is -1.15. The Morgan fingerprint density at radius 3 is 2.28 bits per heavy atom. The average molecular weight is 419 g/mol. The summed E-state index contributed by atoms with van der Waals surface area (Å²) in [6.45, 7) is 5.22. The third-order valence-electron chi connectivity index (χ3n) is 4.50. The van der Waals surface area contributed by atoms with E-state index in [9.17, 15) is 18.0 Å². The summed E-state index contributed by atoms with van der Waals surface area (Å²) in [6, 6.07) is 11.5. The Morgan fingerprint density at radius 1 is 1.10 bits per heavy atom. The summed E-state index contributed by atoms with van der Waals surface area (Å²) < 4.78 is 31.0. The van der Waals surface area contributed by atoms with Gasteiger partial charge in [0, 0.05) is 19.8 Å². The number of rotatable bonds is 7. The lowest BCUT2D eigenvalue weighted by Crippen LogP contribution is -2.30. The highest BCUT2D eigenvalue weighted by Gasteiger charge is 2.22. The first-order chi connectivity index (χ1) is 13.6. The van der Waals surface area contributed by atoms with Gasteiger partial charge in [-0.1, -0.05) is 25.1 Å². The van der Waals surface area contributed by atoms with Crippen LogP contribution in [0.25, 0.3) is 0 Å². The van der Waals surface area contributed by atoms with Gasteiger partial charge in [0.25, 0.3) is 5.91 Å². The van der Waals surface area contributed by atoms with Gasteiger partial charge in [0.15, 0.2) is 6.10 Å². The molecule has 0 aromatic heterocycles. The van der Waals surface area contributed by atoms with Crippen LogP contribution in [0.1, 0.15) is 35.3 Å². The van der Waals surface area contributed by atoms with E-state index in [1.807, 2.05) is 19.1 Å². The van der Waals surface area contributed by atoms with E-state index >= 15 is 0 Å². The Balaban J connectivity index is 2.11. The number of nitrogens with one attached hydrogen (secondary N) is 1. The normalized spacial score (nSPS) is 12.5. The lowest BCUT2D eigenvalue weighted by Gasteiger charge is -2.17. The lowest BCUT2D eigenvalue weighted by atomic mass is 10.1. The van der Waals surface area contributed by atoms with E-state index in [0.717, 1.165) is 16.3 Å². The largest absolute Gasteiger partial charge is 0.449 e. The number of carbonyl (C=O) groups is 2. The molecule has 1 atom stereocenters.